The minimum atomic E-state index is -0.458. The topological polar surface area (TPSA) is 79.6 Å². The number of nitrogens with zero attached hydrogens (tertiary/aromatic N) is 1. The van der Waals surface area contributed by atoms with Crippen LogP contribution in [0.15, 0.2) is 65.1 Å². The van der Waals surface area contributed by atoms with Gasteiger partial charge in [-0.1, -0.05) is 24.3 Å². The number of furan rings is 1. The molecule has 0 spiro atoms. The number of nitrogens with one attached hydrogen (secondary N) is 1. The standard InChI is InChI=1S/C21H16N2O4/c1-13-10-11-18(27-13)16-8-4-5-9-17(16)22-19(24)12-23-20(25)14-6-2-3-7-15(14)21(23)26/h2-11H,12H2,1H3,(H,22,24). The van der Waals surface area contributed by atoms with Gasteiger partial charge in [0.1, 0.15) is 18.1 Å². The molecule has 4 rings (SSSR count). The first-order chi connectivity index (χ1) is 13.0. The van der Waals surface area contributed by atoms with Gasteiger partial charge >= 0.3 is 0 Å². The molecule has 3 amide bonds. The number of imide groups is 1. The molecule has 2 aromatic carbocycles. The predicted molar refractivity (Wildman–Crippen MR) is 99.3 cm³/mol. The minimum absolute atomic E-state index is 0.321. The van der Waals surface area contributed by atoms with Crippen LogP contribution in [0.25, 0.3) is 11.3 Å². The monoisotopic (exact) mass is 360 g/mol. The molecule has 0 bridgehead atoms. The van der Waals surface area contributed by atoms with Crippen LogP contribution in [0.4, 0.5) is 5.69 Å². The van der Waals surface area contributed by atoms with E-state index in [2.05, 4.69) is 5.32 Å². The summed E-state index contributed by atoms with van der Waals surface area (Å²) >= 11 is 0. The van der Waals surface area contributed by atoms with E-state index in [4.69, 9.17) is 4.42 Å². The summed E-state index contributed by atoms with van der Waals surface area (Å²) < 4.78 is 5.63. The van der Waals surface area contributed by atoms with Crippen molar-refractivity contribution in [2.75, 3.05) is 11.9 Å². The van der Waals surface area contributed by atoms with Crippen LogP contribution in [-0.2, 0) is 4.79 Å². The molecule has 1 aromatic heterocycles. The van der Waals surface area contributed by atoms with Gasteiger partial charge in [-0.05, 0) is 43.3 Å². The summed E-state index contributed by atoms with van der Waals surface area (Å²) in [6.45, 7) is 1.49. The third kappa shape index (κ3) is 3.01. The SMILES string of the molecule is Cc1ccc(-c2ccccc2NC(=O)CN2C(=O)c3ccccc3C2=O)o1. The Hall–Kier alpha value is -3.67. The van der Waals surface area contributed by atoms with E-state index in [0.29, 0.717) is 22.6 Å². The fourth-order valence-corrected chi connectivity index (χ4v) is 3.10. The number of carbonyl (C=O) groups excluding carboxylic acids is 3. The van der Waals surface area contributed by atoms with Gasteiger partial charge in [0.2, 0.25) is 5.91 Å². The third-order valence-corrected chi connectivity index (χ3v) is 4.39. The first-order valence-corrected chi connectivity index (χ1v) is 8.45. The van der Waals surface area contributed by atoms with E-state index in [-0.39, 0.29) is 6.54 Å². The first kappa shape index (κ1) is 16.8. The number of para-hydroxylation sites is 1. The van der Waals surface area contributed by atoms with Crippen molar-refractivity contribution in [3.8, 4) is 11.3 Å². The zero-order chi connectivity index (χ0) is 19.0. The maximum absolute atomic E-state index is 12.5. The summed E-state index contributed by atoms with van der Waals surface area (Å²) in [7, 11) is 0. The highest BCUT2D eigenvalue weighted by atomic mass is 16.3. The number of rotatable bonds is 4. The molecule has 134 valence electrons. The Bertz CT molecular complexity index is 1030. The van der Waals surface area contributed by atoms with Gasteiger partial charge in [0.15, 0.2) is 0 Å². The van der Waals surface area contributed by atoms with E-state index in [1.54, 1.807) is 36.4 Å². The number of hydrogen-bond acceptors (Lipinski definition) is 4. The van der Waals surface area contributed by atoms with E-state index in [1.165, 1.54) is 0 Å². The lowest BCUT2D eigenvalue weighted by Crippen LogP contribution is -2.37. The Balaban J connectivity index is 1.53. The Kier molecular flexibility index (Phi) is 4.08. The van der Waals surface area contributed by atoms with Crippen molar-refractivity contribution in [3.63, 3.8) is 0 Å². The maximum Gasteiger partial charge on any atom is 0.262 e. The summed E-state index contributed by atoms with van der Waals surface area (Å²) in [5.41, 5.74) is 1.92. The zero-order valence-electron chi connectivity index (χ0n) is 14.6. The molecular weight excluding hydrogens is 344 g/mol. The van der Waals surface area contributed by atoms with Crippen LogP contribution >= 0.6 is 0 Å². The molecule has 1 aliphatic heterocycles. The van der Waals surface area contributed by atoms with Crippen molar-refractivity contribution in [3.05, 3.63) is 77.6 Å². The van der Waals surface area contributed by atoms with E-state index in [0.717, 1.165) is 16.2 Å². The van der Waals surface area contributed by atoms with E-state index >= 15 is 0 Å². The summed E-state index contributed by atoms with van der Waals surface area (Å²) in [5.74, 6) is 0.0166. The average Bonchev–Trinajstić information content (AvgIpc) is 3.20. The van der Waals surface area contributed by atoms with Crippen LogP contribution in [0.3, 0.4) is 0 Å². The van der Waals surface area contributed by atoms with Crippen molar-refractivity contribution in [2.45, 2.75) is 6.92 Å². The molecule has 1 N–H and O–H groups in total. The lowest BCUT2D eigenvalue weighted by Gasteiger charge is -2.15. The van der Waals surface area contributed by atoms with Gasteiger partial charge < -0.3 is 9.73 Å². The Morgan fingerprint density at radius 2 is 1.48 bits per heavy atom. The lowest BCUT2D eigenvalue weighted by atomic mass is 10.1. The van der Waals surface area contributed by atoms with Gasteiger partial charge in [-0.15, -0.1) is 0 Å². The molecule has 2 heterocycles. The largest absolute Gasteiger partial charge is 0.461 e. The predicted octanol–water partition coefficient (Wildman–Crippen LogP) is 3.49. The fraction of sp³-hybridized carbons (Fsp3) is 0.0952. The average molecular weight is 360 g/mol. The highest BCUT2D eigenvalue weighted by Crippen LogP contribution is 2.29. The van der Waals surface area contributed by atoms with Gasteiger partial charge in [0.25, 0.3) is 11.8 Å². The second kappa shape index (κ2) is 6.57. The smallest absolute Gasteiger partial charge is 0.262 e. The lowest BCUT2D eigenvalue weighted by molar-refractivity contribution is -0.116. The molecule has 0 saturated carbocycles. The van der Waals surface area contributed by atoms with Crippen molar-refractivity contribution in [1.29, 1.82) is 0 Å². The quantitative estimate of drug-likeness (QED) is 0.722. The Labute approximate surface area is 155 Å². The summed E-state index contributed by atoms with van der Waals surface area (Å²) in [5, 5.41) is 2.77. The van der Waals surface area contributed by atoms with Crippen molar-refractivity contribution < 1.29 is 18.8 Å². The van der Waals surface area contributed by atoms with Crippen LogP contribution in [0.2, 0.25) is 0 Å². The van der Waals surface area contributed by atoms with Gasteiger partial charge in [0, 0.05) is 5.56 Å². The molecule has 6 heteroatoms. The van der Waals surface area contributed by atoms with Gasteiger partial charge in [-0.25, -0.2) is 0 Å². The van der Waals surface area contributed by atoms with E-state index in [9.17, 15) is 14.4 Å². The second-order valence-corrected chi connectivity index (χ2v) is 6.25. The Morgan fingerprint density at radius 1 is 0.889 bits per heavy atom. The van der Waals surface area contributed by atoms with Crippen LogP contribution in [-0.4, -0.2) is 29.2 Å². The fourth-order valence-electron chi connectivity index (χ4n) is 3.10. The molecular formula is C21H16N2O4. The Morgan fingerprint density at radius 3 is 2.07 bits per heavy atom. The minimum Gasteiger partial charge on any atom is -0.461 e. The number of aryl methyl sites for hydroxylation is 1. The van der Waals surface area contributed by atoms with E-state index < -0.39 is 17.7 Å². The molecule has 27 heavy (non-hydrogen) atoms. The van der Waals surface area contributed by atoms with Crippen LogP contribution in [0, 0.1) is 6.92 Å². The van der Waals surface area contributed by atoms with Crippen LogP contribution < -0.4 is 5.32 Å². The molecule has 0 fully saturated rings. The third-order valence-electron chi connectivity index (χ3n) is 4.39. The highest BCUT2D eigenvalue weighted by molar-refractivity contribution is 6.22. The summed E-state index contributed by atoms with van der Waals surface area (Å²) in [6, 6.07) is 17.4. The van der Waals surface area contributed by atoms with Crippen LogP contribution in [0.5, 0.6) is 0 Å². The number of amides is 3. The maximum atomic E-state index is 12.5. The molecule has 0 saturated heterocycles. The molecule has 1 aliphatic rings. The van der Waals surface area contributed by atoms with Crippen molar-refractivity contribution >= 4 is 23.4 Å². The molecule has 3 aromatic rings. The van der Waals surface area contributed by atoms with Crippen LogP contribution in [0.1, 0.15) is 26.5 Å². The zero-order valence-corrected chi connectivity index (χ0v) is 14.6. The van der Waals surface area contributed by atoms with Gasteiger partial charge in [-0.2, -0.15) is 0 Å². The van der Waals surface area contributed by atoms with Crippen molar-refractivity contribution in [2.24, 2.45) is 0 Å². The normalized spacial score (nSPS) is 13.0. The molecule has 0 aliphatic carbocycles. The molecule has 0 radical (unpaired) electrons. The number of hydrogen-bond donors (Lipinski definition) is 1. The number of anilines is 1. The molecule has 0 unspecified atom stereocenters. The van der Waals surface area contributed by atoms with Gasteiger partial charge in [-0.3, -0.25) is 19.3 Å². The van der Waals surface area contributed by atoms with Gasteiger partial charge in [0.05, 0.1) is 16.8 Å². The first-order valence-electron chi connectivity index (χ1n) is 8.45. The second-order valence-electron chi connectivity index (χ2n) is 6.25. The highest BCUT2D eigenvalue weighted by Gasteiger charge is 2.36. The number of fused-ring (bicyclic) bond motifs is 1. The molecule has 0 atom stereocenters. The summed E-state index contributed by atoms with van der Waals surface area (Å²) in [4.78, 5) is 38.3. The number of carbonyl (C=O) groups is 3. The summed E-state index contributed by atoms with van der Waals surface area (Å²) in [6.07, 6.45) is 0. The van der Waals surface area contributed by atoms with E-state index in [1.807, 2.05) is 31.2 Å². The molecule has 6 nitrogen and oxygen atoms in total. The number of benzene rings is 2. The van der Waals surface area contributed by atoms with Crippen molar-refractivity contribution in [1.82, 2.24) is 4.90 Å².